The number of nitrogens with one attached hydrogen (secondary N) is 2. The van der Waals surface area contributed by atoms with Crippen molar-refractivity contribution in [2.24, 2.45) is 0 Å². The molecule has 4 nitrogen and oxygen atoms in total. The number of quaternary nitrogens is 1. The molecule has 0 spiro atoms. The second-order valence-electron chi connectivity index (χ2n) is 5.82. The van der Waals surface area contributed by atoms with Gasteiger partial charge in [0.05, 0.1) is 17.3 Å². The second kappa shape index (κ2) is 7.42. The lowest BCUT2D eigenvalue weighted by Crippen LogP contribution is -3.10. The molecule has 2 aromatic carbocycles. The van der Waals surface area contributed by atoms with Crippen molar-refractivity contribution in [3.8, 4) is 0 Å². The van der Waals surface area contributed by atoms with Crippen LogP contribution in [0.2, 0.25) is 0 Å². The Morgan fingerprint density at radius 3 is 2.83 bits per heavy atom. The number of amides is 1. The normalized spacial score (nSPS) is 13.6. The Kier molecular flexibility index (Phi) is 5.28. The van der Waals surface area contributed by atoms with E-state index >= 15 is 0 Å². The quantitative estimate of drug-likeness (QED) is 0.685. The molecule has 0 aliphatic heterocycles. The van der Waals surface area contributed by atoms with E-state index in [1.807, 2.05) is 49.5 Å². The molecule has 1 aromatic heterocycles. The van der Waals surface area contributed by atoms with Gasteiger partial charge in [-0.2, -0.15) is 0 Å². The molecule has 2 atom stereocenters. The van der Waals surface area contributed by atoms with Crippen molar-refractivity contribution in [1.29, 1.82) is 0 Å². The highest BCUT2D eigenvalue weighted by Gasteiger charge is 2.22. The minimum atomic E-state index is -0.00133. The van der Waals surface area contributed by atoms with E-state index in [1.165, 1.54) is 4.70 Å². The van der Waals surface area contributed by atoms with Gasteiger partial charge in [0, 0.05) is 10.2 Å². The fourth-order valence-corrected chi connectivity index (χ4v) is 3.98. The molecule has 0 aliphatic rings. The average molecular weight is 405 g/mol. The van der Waals surface area contributed by atoms with Gasteiger partial charge in [-0.05, 0) is 37.3 Å². The van der Waals surface area contributed by atoms with Crippen molar-refractivity contribution in [1.82, 2.24) is 4.98 Å². The molecule has 0 saturated carbocycles. The Hall–Kier alpha value is -1.76. The summed E-state index contributed by atoms with van der Waals surface area (Å²) in [6.07, 6.45) is 0. The van der Waals surface area contributed by atoms with Crippen LogP contribution in [0.1, 0.15) is 18.0 Å². The fourth-order valence-electron chi connectivity index (χ4n) is 2.46. The third-order valence-corrected chi connectivity index (χ3v) is 5.68. The molecule has 0 bridgehead atoms. The standard InChI is InChI=1S/C18H18BrN3OS/c1-12(18-21-15-8-3-4-9-16(15)24-18)22(2)11-17(23)20-14-7-5-6-13(19)10-14/h3-10,12H,11H2,1-2H3,(H,20,23)/p+1/t12-/m1/s1. The lowest BCUT2D eigenvalue weighted by Gasteiger charge is -2.19. The number of carbonyl (C=O) groups is 1. The van der Waals surface area contributed by atoms with Gasteiger partial charge >= 0.3 is 0 Å². The van der Waals surface area contributed by atoms with Gasteiger partial charge in [-0.1, -0.05) is 34.1 Å². The van der Waals surface area contributed by atoms with Crippen molar-refractivity contribution in [3.63, 3.8) is 0 Å². The van der Waals surface area contributed by atoms with Gasteiger partial charge in [0.15, 0.2) is 11.6 Å². The predicted molar refractivity (Wildman–Crippen MR) is 103 cm³/mol. The van der Waals surface area contributed by atoms with E-state index in [2.05, 4.69) is 34.2 Å². The highest BCUT2D eigenvalue weighted by atomic mass is 79.9. The van der Waals surface area contributed by atoms with Crippen LogP contribution in [0.15, 0.2) is 53.0 Å². The molecule has 0 fully saturated rings. The zero-order valence-corrected chi connectivity index (χ0v) is 15.9. The van der Waals surface area contributed by atoms with E-state index in [9.17, 15) is 4.79 Å². The number of halogens is 1. The maximum Gasteiger partial charge on any atom is 0.279 e. The summed E-state index contributed by atoms with van der Waals surface area (Å²) < 4.78 is 2.13. The maximum absolute atomic E-state index is 12.3. The van der Waals surface area contributed by atoms with Crippen LogP contribution < -0.4 is 10.2 Å². The number of aromatic nitrogens is 1. The molecule has 0 radical (unpaired) electrons. The number of thiazole rings is 1. The van der Waals surface area contributed by atoms with Gasteiger partial charge < -0.3 is 10.2 Å². The summed E-state index contributed by atoms with van der Waals surface area (Å²) >= 11 is 5.11. The van der Waals surface area contributed by atoms with Crippen molar-refractivity contribution < 1.29 is 9.69 Å². The summed E-state index contributed by atoms with van der Waals surface area (Å²) in [5, 5.41) is 4.00. The Labute approximate surface area is 153 Å². The number of anilines is 1. The van der Waals surface area contributed by atoms with Crippen molar-refractivity contribution in [3.05, 3.63) is 58.0 Å². The van der Waals surface area contributed by atoms with Crippen LogP contribution in [0.4, 0.5) is 5.69 Å². The zero-order valence-electron chi connectivity index (χ0n) is 13.5. The first-order valence-corrected chi connectivity index (χ1v) is 9.37. The van der Waals surface area contributed by atoms with Crippen LogP contribution in [0, 0.1) is 0 Å². The predicted octanol–water partition coefficient (Wildman–Crippen LogP) is 3.27. The second-order valence-corrected chi connectivity index (χ2v) is 7.80. The molecule has 3 aromatic rings. The van der Waals surface area contributed by atoms with Crippen LogP contribution in [-0.2, 0) is 4.79 Å². The molecule has 124 valence electrons. The topological polar surface area (TPSA) is 46.4 Å². The van der Waals surface area contributed by atoms with Crippen molar-refractivity contribution >= 4 is 49.1 Å². The smallest absolute Gasteiger partial charge is 0.279 e. The SMILES string of the molecule is C[C@H](c1nc2ccccc2s1)[NH+](C)CC(=O)Nc1cccc(Br)c1. The first kappa shape index (κ1) is 17.1. The van der Waals surface area contributed by atoms with E-state index in [0.717, 1.165) is 25.6 Å². The number of nitrogens with zero attached hydrogens (tertiary/aromatic N) is 1. The molecule has 6 heteroatoms. The third-order valence-electron chi connectivity index (χ3n) is 3.97. The van der Waals surface area contributed by atoms with Gasteiger partial charge in [0.2, 0.25) is 0 Å². The van der Waals surface area contributed by atoms with Crippen LogP contribution >= 0.6 is 27.3 Å². The molecule has 2 N–H and O–H groups in total. The summed E-state index contributed by atoms with van der Waals surface area (Å²) in [6, 6.07) is 15.9. The molecular formula is C18H19BrN3OS+. The van der Waals surface area contributed by atoms with Crippen molar-refractivity contribution in [2.45, 2.75) is 13.0 Å². The summed E-state index contributed by atoms with van der Waals surface area (Å²) in [5.41, 5.74) is 1.82. The van der Waals surface area contributed by atoms with Gasteiger partial charge in [-0.15, -0.1) is 11.3 Å². The monoisotopic (exact) mass is 404 g/mol. The van der Waals surface area contributed by atoms with Crippen LogP contribution in [0.5, 0.6) is 0 Å². The highest BCUT2D eigenvalue weighted by Crippen LogP contribution is 2.24. The Balaban J connectivity index is 1.65. The van der Waals surface area contributed by atoms with E-state index in [-0.39, 0.29) is 11.9 Å². The lowest BCUT2D eigenvalue weighted by atomic mass is 10.3. The largest absolute Gasteiger partial charge is 0.322 e. The number of para-hydroxylation sites is 1. The zero-order chi connectivity index (χ0) is 17.1. The average Bonchev–Trinajstić information content (AvgIpc) is 2.97. The number of likely N-dealkylation sites (N-methyl/N-ethyl adjacent to an activating group) is 1. The number of rotatable bonds is 5. The Bertz CT molecular complexity index is 831. The number of hydrogen-bond donors (Lipinski definition) is 2. The van der Waals surface area contributed by atoms with Gasteiger partial charge in [0.25, 0.3) is 5.91 Å². The molecule has 1 amide bonds. The fraction of sp³-hybridized carbons (Fsp3) is 0.222. The van der Waals surface area contributed by atoms with Gasteiger partial charge in [-0.3, -0.25) is 4.79 Å². The van der Waals surface area contributed by atoms with Crippen molar-refractivity contribution in [2.75, 3.05) is 18.9 Å². The number of carbonyl (C=O) groups excluding carboxylic acids is 1. The van der Waals surface area contributed by atoms with E-state index in [1.54, 1.807) is 11.3 Å². The summed E-state index contributed by atoms with van der Waals surface area (Å²) in [6.45, 7) is 2.50. The number of benzene rings is 2. The minimum Gasteiger partial charge on any atom is -0.322 e. The maximum atomic E-state index is 12.3. The highest BCUT2D eigenvalue weighted by molar-refractivity contribution is 9.10. The molecule has 1 unspecified atom stereocenters. The van der Waals surface area contributed by atoms with Gasteiger partial charge in [-0.25, -0.2) is 4.98 Å². The molecule has 0 saturated heterocycles. The Morgan fingerprint density at radius 1 is 1.29 bits per heavy atom. The van der Waals surface area contributed by atoms with Crippen LogP contribution in [0.3, 0.4) is 0 Å². The first-order chi connectivity index (χ1) is 11.5. The molecule has 1 heterocycles. The van der Waals surface area contributed by atoms with E-state index in [4.69, 9.17) is 4.98 Å². The lowest BCUT2D eigenvalue weighted by molar-refractivity contribution is -0.902. The van der Waals surface area contributed by atoms with Crippen LogP contribution in [0.25, 0.3) is 10.2 Å². The summed E-state index contributed by atoms with van der Waals surface area (Å²) in [4.78, 5) is 18.1. The molecular weight excluding hydrogens is 386 g/mol. The first-order valence-electron chi connectivity index (χ1n) is 7.76. The molecule has 24 heavy (non-hydrogen) atoms. The Morgan fingerprint density at radius 2 is 2.08 bits per heavy atom. The molecule has 0 aliphatic carbocycles. The van der Waals surface area contributed by atoms with E-state index < -0.39 is 0 Å². The number of hydrogen-bond acceptors (Lipinski definition) is 3. The van der Waals surface area contributed by atoms with Gasteiger partial charge in [0.1, 0.15) is 6.04 Å². The van der Waals surface area contributed by atoms with E-state index in [0.29, 0.717) is 6.54 Å². The van der Waals surface area contributed by atoms with Crippen LogP contribution in [-0.4, -0.2) is 24.5 Å². The minimum absolute atomic E-state index is 0.00133. The summed E-state index contributed by atoms with van der Waals surface area (Å²) in [5.74, 6) is -0.00133. The summed E-state index contributed by atoms with van der Waals surface area (Å²) in [7, 11) is 2.03. The number of fused-ring (bicyclic) bond motifs is 1. The molecule has 3 rings (SSSR count). The third kappa shape index (κ3) is 4.01.